The Labute approximate surface area is 165 Å². The van der Waals surface area contributed by atoms with Crippen molar-refractivity contribution in [1.82, 2.24) is 19.6 Å². The molecule has 1 saturated heterocycles. The minimum atomic E-state index is -0.508. The average Bonchev–Trinajstić information content (AvgIpc) is 3.17. The number of aliphatic imine (C=N–C) groups is 1. The summed E-state index contributed by atoms with van der Waals surface area (Å²) in [5, 5.41) is 0. The number of urea groups is 1. The molecule has 7 nitrogen and oxygen atoms in total. The van der Waals surface area contributed by atoms with E-state index in [1.807, 2.05) is 49.2 Å². The van der Waals surface area contributed by atoms with E-state index >= 15 is 0 Å². The third kappa shape index (κ3) is 2.68. The molecule has 3 aliphatic heterocycles. The number of rotatable bonds is 4. The number of guanidine groups is 1. The molecular formula is C21H27N5O2. The lowest BCUT2D eigenvalue weighted by atomic mass is 10.1. The highest BCUT2D eigenvalue weighted by molar-refractivity contribution is 6.04. The SMILES string of the molecule is CCC(C)N1C(C)=CN2C1=NC1C2C(=O)N(Cc2cccc(C)c2)C(=O)N1C. The van der Waals surface area contributed by atoms with Crippen LogP contribution in [0.4, 0.5) is 4.79 Å². The molecule has 1 aromatic rings. The van der Waals surface area contributed by atoms with Crippen LogP contribution in [-0.4, -0.2) is 62.8 Å². The second-order valence-electron chi connectivity index (χ2n) is 7.90. The summed E-state index contributed by atoms with van der Waals surface area (Å²) in [6, 6.07) is 7.38. The van der Waals surface area contributed by atoms with Crippen LogP contribution in [0.2, 0.25) is 0 Å². The van der Waals surface area contributed by atoms with E-state index in [2.05, 4.69) is 18.7 Å². The number of carbonyl (C=O) groups is 2. The van der Waals surface area contributed by atoms with Gasteiger partial charge in [-0.15, -0.1) is 0 Å². The molecule has 7 heteroatoms. The highest BCUT2D eigenvalue weighted by Crippen LogP contribution is 2.35. The second kappa shape index (κ2) is 6.65. The van der Waals surface area contributed by atoms with Crippen molar-refractivity contribution in [3.8, 4) is 0 Å². The molecule has 0 aromatic heterocycles. The van der Waals surface area contributed by atoms with Crippen molar-refractivity contribution in [2.75, 3.05) is 7.05 Å². The summed E-state index contributed by atoms with van der Waals surface area (Å²) >= 11 is 0. The van der Waals surface area contributed by atoms with Crippen LogP contribution in [-0.2, 0) is 11.3 Å². The van der Waals surface area contributed by atoms with Crippen molar-refractivity contribution in [3.63, 3.8) is 0 Å². The molecule has 0 bridgehead atoms. The highest BCUT2D eigenvalue weighted by atomic mass is 16.2. The number of nitrogens with zero attached hydrogens (tertiary/aromatic N) is 5. The first-order valence-electron chi connectivity index (χ1n) is 9.81. The van der Waals surface area contributed by atoms with Gasteiger partial charge in [0.15, 0.2) is 12.2 Å². The van der Waals surface area contributed by atoms with Gasteiger partial charge in [0.2, 0.25) is 5.96 Å². The Morgan fingerprint density at radius 2 is 1.96 bits per heavy atom. The average molecular weight is 381 g/mol. The molecule has 0 aliphatic carbocycles. The largest absolute Gasteiger partial charge is 0.328 e. The number of imide groups is 1. The molecule has 1 aromatic carbocycles. The van der Waals surface area contributed by atoms with E-state index in [0.717, 1.165) is 29.2 Å². The quantitative estimate of drug-likeness (QED) is 0.805. The first-order chi connectivity index (χ1) is 13.3. The molecule has 28 heavy (non-hydrogen) atoms. The van der Waals surface area contributed by atoms with Crippen LogP contribution in [0.15, 0.2) is 41.2 Å². The molecule has 3 heterocycles. The minimum absolute atomic E-state index is 0.191. The number of hydrogen-bond donors (Lipinski definition) is 0. The third-order valence-corrected chi connectivity index (χ3v) is 5.89. The summed E-state index contributed by atoms with van der Waals surface area (Å²) in [6.45, 7) is 8.59. The predicted molar refractivity (Wildman–Crippen MR) is 107 cm³/mol. The van der Waals surface area contributed by atoms with Gasteiger partial charge in [-0.1, -0.05) is 36.8 Å². The molecule has 148 valence electrons. The summed E-state index contributed by atoms with van der Waals surface area (Å²) in [4.78, 5) is 38.1. The maximum atomic E-state index is 13.4. The van der Waals surface area contributed by atoms with Crippen LogP contribution < -0.4 is 0 Å². The first kappa shape index (κ1) is 18.5. The fourth-order valence-corrected chi connectivity index (χ4v) is 4.24. The molecule has 0 spiro atoms. The van der Waals surface area contributed by atoms with Crippen molar-refractivity contribution in [1.29, 1.82) is 0 Å². The zero-order valence-electron chi connectivity index (χ0n) is 17.1. The van der Waals surface area contributed by atoms with E-state index in [-0.39, 0.29) is 24.5 Å². The number of likely N-dealkylation sites (N-methyl/N-ethyl adjacent to an activating group) is 1. The number of aryl methyl sites for hydroxylation is 1. The number of benzene rings is 1. The molecule has 0 N–H and O–H groups in total. The Morgan fingerprint density at radius 3 is 2.64 bits per heavy atom. The van der Waals surface area contributed by atoms with E-state index in [1.54, 1.807) is 11.9 Å². The van der Waals surface area contributed by atoms with Crippen molar-refractivity contribution in [2.45, 2.75) is 58.9 Å². The lowest BCUT2D eigenvalue weighted by molar-refractivity contribution is -0.137. The van der Waals surface area contributed by atoms with Crippen molar-refractivity contribution in [2.24, 2.45) is 4.99 Å². The molecule has 3 unspecified atom stereocenters. The number of carbonyl (C=O) groups excluding carboxylic acids is 2. The van der Waals surface area contributed by atoms with Crippen LogP contribution in [0.25, 0.3) is 0 Å². The van der Waals surface area contributed by atoms with Crippen molar-refractivity contribution < 1.29 is 9.59 Å². The fourth-order valence-electron chi connectivity index (χ4n) is 4.24. The number of allylic oxidation sites excluding steroid dienone is 1. The van der Waals surface area contributed by atoms with E-state index in [4.69, 9.17) is 4.99 Å². The lowest BCUT2D eigenvalue weighted by Gasteiger charge is -2.40. The molecule has 4 rings (SSSR count). The summed E-state index contributed by atoms with van der Waals surface area (Å²) in [6.07, 6.45) is 2.47. The van der Waals surface area contributed by atoms with Gasteiger partial charge in [0, 0.05) is 25.0 Å². The van der Waals surface area contributed by atoms with Crippen molar-refractivity contribution >= 4 is 17.9 Å². The van der Waals surface area contributed by atoms with E-state index in [1.165, 1.54) is 4.90 Å². The van der Waals surface area contributed by atoms with Crippen LogP contribution >= 0.6 is 0 Å². The predicted octanol–water partition coefficient (Wildman–Crippen LogP) is 2.73. The summed E-state index contributed by atoms with van der Waals surface area (Å²) < 4.78 is 0. The Balaban J connectivity index is 1.65. The summed E-state index contributed by atoms with van der Waals surface area (Å²) in [5.41, 5.74) is 3.13. The molecule has 3 atom stereocenters. The van der Waals surface area contributed by atoms with Gasteiger partial charge in [-0.05, 0) is 32.8 Å². The van der Waals surface area contributed by atoms with Crippen LogP contribution in [0.3, 0.4) is 0 Å². The highest BCUT2D eigenvalue weighted by Gasteiger charge is 2.54. The van der Waals surface area contributed by atoms with E-state index < -0.39 is 12.2 Å². The van der Waals surface area contributed by atoms with Gasteiger partial charge in [-0.3, -0.25) is 9.69 Å². The number of hydrogen-bond acceptors (Lipinski definition) is 5. The van der Waals surface area contributed by atoms with Gasteiger partial charge in [0.1, 0.15) is 0 Å². The molecule has 1 fully saturated rings. The zero-order chi connectivity index (χ0) is 20.2. The smallest absolute Gasteiger partial charge is 0.312 e. The van der Waals surface area contributed by atoms with Crippen molar-refractivity contribution in [3.05, 3.63) is 47.3 Å². The maximum absolute atomic E-state index is 13.4. The third-order valence-electron chi connectivity index (χ3n) is 5.89. The van der Waals surface area contributed by atoms with Gasteiger partial charge in [-0.2, -0.15) is 0 Å². The number of amides is 3. The Kier molecular flexibility index (Phi) is 4.40. The van der Waals surface area contributed by atoms with Crippen LogP contribution in [0.5, 0.6) is 0 Å². The van der Waals surface area contributed by atoms with Gasteiger partial charge in [0.25, 0.3) is 5.91 Å². The van der Waals surface area contributed by atoms with Gasteiger partial charge >= 0.3 is 6.03 Å². The van der Waals surface area contributed by atoms with Gasteiger partial charge in [-0.25, -0.2) is 9.79 Å². The van der Waals surface area contributed by atoms with E-state index in [0.29, 0.717) is 0 Å². The molecule has 3 amide bonds. The maximum Gasteiger partial charge on any atom is 0.328 e. The second-order valence-corrected chi connectivity index (χ2v) is 7.90. The summed E-state index contributed by atoms with van der Waals surface area (Å²) in [5.74, 6) is 0.579. The number of fused-ring (bicyclic) bond motifs is 3. The lowest BCUT2D eigenvalue weighted by Crippen LogP contribution is -2.63. The summed E-state index contributed by atoms with van der Waals surface area (Å²) in [7, 11) is 1.73. The standard InChI is InChI=1S/C21H27N5O2/c1-6-14(3)26-15(4)11-24-17-18(22-20(24)26)23(5)21(28)25(19(17)27)12-16-9-7-8-13(2)10-16/h7-11,14,17-18H,6,12H2,1-5H3. The van der Waals surface area contributed by atoms with E-state index in [9.17, 15) is 9.59 Å². The monoisotopic (exact) mass is 381 g/mol. The zero-order valence-corrected chi connectivity index (χ0v) is 17.1. The first-order valence-corrected chi connectivity index (χ1v) is 9.81. The Morgan fingerprint density at radius 1 is 1.21 bits per heavy atom. The minimum Gasteiger partial charge on any atom is -0.312 e. The molecule has 0 saturated carbocycles. The van der Waals surface area contributed by atoms with Crippen LogP contribution in [0, 0.1) is 6.92 Å². The molecular weight excluding hydrogens is 354 g/mol. The Bertz CT molecular complexity index is 893. The Hall–Kier alpha value is -2.83. The van der Waals surface area contributed by atoms with Gasteiger partial charge in [0.05, 0.1) is 6.54 Å². The van der Waals surface area contributed by atoms with Gasteiger partial charge < -0.3 is 14.7 Å². The fraction of sp³-hybridized carbons (Fsp3) is 0.476. The topological polar surface area (TPSA) is 59.5 Å². The van der Waals surface area contributed by atoms with Crippen LogP contribution in [0.1, 0.15) is 38.3 Å². The molecule has 3 aliphatic rings. The molecule has 0 radical (unpaired) electrons. The normalized spacial score (nSPS) is 25.0.